The van der Waals surface area contributed by atoms with Crippen LogP contribution in [0.3, 0.4) is 0 Å². The van der Waals surface area contributed by atoms with E-state index in [4.69, 9.17) is 0 Å². The van der Waals surface area contributed by atoms with Crippen LogP contribution >= 0.6 is 11.8 Å². The molecule has 2 aromatic rings. The van der Waals surface area contributed by atoms with E-state index in [-0.39, 0.29) is 11.7 Å². The fourth-order valence-electron chi connectivity index (χ4n) is 1.64. The number of thioether (sulfide) groups is 1. The first kappa shape index (κ1) is 13.5. The maximum atomic E-state index is 13.2. The van der Waals surface area contributed by atoms with Crippen LogP contribution in [-0.4, -0.2) is 17.1 Å². The number of nitrogens with one attached hydrogen (secondary N) is 1. The number of aryl methyl sites for hydroxylation is 1. The Hall–Kier alpha value is -1.88. The molecule has 0 radical (unpaired) electrons. The number of rotatable bonds is 3. The molecule has 3 nitrogen and oxygen atoms in total. The first-order chi connectivity index (χ1) is 9.11. The van der Waals surface area contributed by atoms with Gasteiger partial charge in [0.05, 0.1) is 5.56 Å². The number of halogens is 1. The predicted molar refractivity (Wildman–Crippen MR) is 75.1 cm³/mol. The zero-order valence-electron chi connectivity index (χ0n) is 10.6. The molecule has 98 valence electrons. The summed E-state index contributed by atoms with van der Waals surface area (Å²) in [6, 6.07) is 7.70. The number of anilines is 1. The lowest BCUT2D eigenvalue weighted by atomic mass is 10.2. The third-order valence-electron chi connectivity index (χ3n) is 2.66. The van der Waals surface area contributed by atoms with Crippen LogP contribution in [0.5, 0.6) is 0 Å². The topological polar surface area (TPSA) is 42.0 Å². The number of benzene rings is 1. The predicted octanol–water partition coefficient (Wildman–Crippen LogP) is 3.50. The summed E-state index contributed by atoms with van der Waals surface area (Å²) in [4.78, 5) is 16.3. The van der Waals surface area contributed by atoms with Crippen molar-refractivity contribution >= 4 is 23.4 Å². The summed E-state index contributed by atoms with van der Waals surface area (Å²) in [6.45, 7) is 1.81. The first-order valence-electron chi connectivity index (χ1n) is 5.68. The fourth-order valence-corrected chi connectivity index (χ4v) is 2.19. The highest BCUT2D eigenvalue weighted by atomic mass is 32.2. The van der Waals surface area contributed by atoms with Gasteiger partial charge in [0.15, 0.2) is 0 Å². The largest absolute Gasteiger partial charge is 0.322 e. The summed E-state index contributed by atoms with van der Waals surface area (Å²) in [5.41, 5.74) is 1.77. The zero-order valence-corrected chi connectivity index (χ0v) is 11.4. The van der Waals surface area contributed by atoms with E-state index in [1.54, 1.807) is 24.4 Å². The molecule has 0 spiro atoms. The molecule has 0 saturated carbocycles. The molecule has 2 rings (SSSR count). The van der Waals surface area contributed by atoms with E-state index < -0.39 is 0 Å². The molecule has 0 atom stereocenters. The Balaban J connectivity index is 2.28. The monoisotopic (exact) mass is 276 g/mol. The van der Waals surface area contributed by atoms with Gasteiger partial charge in [-0.05, 0) is 43.0 Å². The average molecular weight is 276 g/mol. The lowest BCUT2D eigenvalue weighted by molar-refractivity contribution is 0.102. The number of carbonyl (C=O) groups is 1. The second kappa shape index (κ2) is 5.84. The number of carbonyl (C=O) groups excluding carboxylic acids is 1. The van der Waals surface area contributed by atoms with Crippen LogP contribution < -0.4 is 5.32 Å². The highest BCUT2D eigenvalue weighted by Gasteiger charge is 2.13. The van der Waals surface area contributed by atoms with Crippen molar-refractivity contribution in [2.75, 3.05) is 11.6 Å². The molecule has 0 saturated heterocycles. The molecule has 1 amide bonds. The van der Waals surface area contributed by atoms with Crippen molar-refractivity contribution in [3.05, 3.63) is 53.5 Å². The Morgan fingerprint density at radius 3 is 2.89 bits per heavy atom. The second-order valence-corrected chi connectivity index (χ2v) is 4.77. The van der Waals surface area contributed by atoms with Crippen LogP contribution in [0, 0.1) is 12.7 Å². The summed E-state index contributed by atoms with van der Waals surface area (Å²) >= 11 is 1.40. The standard InChI is InChI=1S/C14H13FN2OS/c1-9-5-6-10(15)8-12(9)17-13(18)11-4-3-7-16-14(11)19-2/h3-8H,1-2H3,(H,17,18). The maximum absolute atomic E-state index is 13.2. The summed E-state index contributed by atoms with van der Waals surface area (Å²) in [5.74, 6) is -0.664. The van der Waals surface area contributed by atoms with E-state index >= 15 is 0 Å². The van der Waals surface area contributed by atoms with Gasteiger partial charge in [0.2, 0.25) is 0 Å². The SMILES string of the molecule is CSc1ncccc1C(=O)Nc1cc(F)ccc1C. The number of nitrogens with zero attached hydrogens (tertiary/aromatic N) is 1. The smallest absolute Gasteiger partial charge is 0.258 e. The third-order valence-corrected chi connectivity index (χ3v) is 3.37. The van der Waals surface area contributed by atoms with Crippen LogP contribution in [0.1, 0.15) is 15.9 Å². The van der Waals surface area contributed by atoms with Gasteiger partial charge >= 0.3 is 0 Å². The van der Waals surface area contributed by atoms with Crippen LogP contribution in [0.25, 0.3) is 0 Å². The van der Waals surface area contributed by atoms with Gasteiger partial charge < -0.3 is 5.32 Å². The highest BCUT2D eigenvalue weighted by molar-refractivity contribution is 7.98. The van der Waals surface area contributed by atoms with E-state index in [9.17, 15) is 9.18 Å². The number of hydrogen-bond donors (Lipinski definition) is 1. The molecule has 0 bridgehead atoms. The molecular weight excluding hydrogens is 263 g/mol. The van der Waals surface area contributed by atoms with Crippen molar-refractivity contribution in [1.29, 1.82) is 0 Å². The number of aromatic nitrogens is 1. The second-order valence-electron chi connectivity index (χ2n) is 3.97. The Morgan fingerprint density at radius 2 is 2.16 bits per heavy atom. The molecule has 1 aromatic heterocycles. The average Bonchev–Trinajstić information content (AvgIpc) is 2.42. The van der Waals surface area contributed by atoms with Crippen LogP contribution in [-0.2, 0) is 0 Å². The van der Waals surface area contributed by atoms with E-state index in [0.717, 1.165) is 5.56 Å². The van der Waals surface area contributed by atoms with Crippen LogP contribution in [0.2, 0.25) is 0 Å². The van der Waals surface area contributed by atoms with E-state index in [1.165, 1.54) is 23.9 Å². The van der Waals surface area contributed by atoms with Gasteiger partial charge in [0.1, 0.15) is 10.8 Å². The Labute approximate surface area is 115 Å². The van der Waals surface area contributed by atoms with Gasteiger partial charge in [0, 0.05) is 11.9 Å². The molecule has 0 unspecified atom stereocenters. The summed E-state index contributed by atoms with van der Waals surface area (Å²) in [7, 11) is 0. The normalized spacial score (nSPS) is 10.3. The van der Waals surface area contributed by atoms with E-state index in [0.29, 0.717) is 16.3 Å². The van der Waals surface area contributed by atoms with Crippen molar-refractivity contribution in [1.82, 2.24) is 4.98 Å². The minimum Gasteiger partial charge on any atom is -0.322 e. The lowest BCUT2D eigenvalue weighted by Gasteiger charge is -2.10. The van der Waals surface area contributed by atoms with Crippen molar-refractivity contribution in [2.45, 2.75) is 11.9 Å². The third kappa shape index (κ3) is 3.12. The highest BCUT2D eigenvalue weighted by Crippen LogP contribution is 2.20. The van der Waals surface area contributed by atoms with E-state index in [2.05, 4.69) is 10.3 Å². The molecule has 1 aromatic carbocycles. The first-order valence-corrected chi connectivity index (χ1v) is 6.91. The van der Waals surface area contributed by atoms with Crippen molar-refractivity contribution < 1.29 is 9.18 Å². The minimum absolute atomic E-state index is 0.286. The van der Waals surface area contributed by atoms with Gasteiger partial charge in [-0.15, -0.1) is 11.8 Å². The maximum Gasteiger partial charge on any atom is 0.258 e. The molecule has 0 aliphatic carbocycles. The summed E-state index contributed by atoms with van der Waals surface area (Å²) in [6.07, 6.45) is 3.49. The van der Waals surface area contributed by atoms with Crippen molar-refractivity contribution in [3.63, 3.8) is 0 Å². The molecule has 19 heavy (non-hydrogen) atoms. The van der Waals surface area contributed by atoms with Gasteiger partial charge in [-0.25, -0.2) is 9.37 Å². The fraction of sp³-hybridized carbons (Fsp3) is 0.143. The molecule has 1 N–H and O–H groups in total. The van der Waals surface area contributed by atoms with Crippen molar-refractivity contribution in [3.8, 4) is 0 Å². The minimum atomic E-state index is -0.378. The lowest BCUT2D eigenvalue weighted by Crippen LogP contribution is -2.14. The Bertz CT molecular complexity index is 616. The van der Waals surface area contributed by atoms with Gasteiger partial charge in [-0.3, -0.25) is 4.79 Å². The molecule has 0 aliphatic rings. The number of amides is 1. The van der Waals surface area contributed by atoms with Crippen LogP contribution in [0.4, 0.5) is 10.1 Å². The Morgan fingerprint density at radius 1 is 1.37 bits per heavy atom. The number of hydrogen-bond acceptors (Lipinski definition) is 3. The van der Waals surface area contributed by atoms with Gasteiger partial charge in [-0.2, -0.15) is 0 Å². The number of pyridine rings is 1. The summed E-state index contributed by atoms with van der Waals surface area (Å²) in [5, 5.41) is 3.36. The van der Waals surface area contributed by atoms with Gasteiger partial charge in [-0.1, -0.05) is 6.07 Å². The van der Waals surface area contributed by atoms with E-state index in [1.807, 2.05) is 13.2 Å². The zero-order chi connectivity index (χ0) is 13.8. The van der Waals surface area contributed by atoms with Gasteiger partial charge in [0.25, 0.3) is 5.91 Å². The molecule has 0 aliphatic heterocycles. The Kier molecular flexibility index (Phi) is 4.16. The molecular formula is C14H13FN2OS. The van der Waals surface area contributed by atoms with Crippen molar-refractivity contribution in [2.24, 2.45) is 0 Å². The molecule has 1 heterocycles. The molecule has 5 heteroatoms. The van der Waals surface area contributed by atoms with Crippen LogP contribution in [0.15, 0.2) is 41.6 Å². The molecule has 0 fully saturated rings. The quantitative estimate of drug-likeness (QED) is 0.872. The summed E-state index contributed by atoms with van der Waals surface area (Å²) < 4.78 is 13.2.